The topological polar surface area (TPSA) is 41.6 Å². The smallest absolute Gasteiger partial charge is 0.253 e. The number of methoxy groups -OCH3 is 1. The predicted molar refractivity (Wildman–Crippen MR) is 106 cm³/mol. The van der Waals surface area contributed by atoms with Gasteiger partial charge in [-0.1, -0.05) is 23.8 Å². The van der Waals surface area contributed by atoms with Crippen LogP contribution in [0, 0.1) is 6.92 Å². The Balaban J connectivity index is 1.71. The maximum absolute atomic E-state index is 12.9. The normalized spacial score (nSPS) is 15.0. The van der Waals surface area contributed by atoms with Gasteiger partial charge in [-0.15, -0.1) is 0 Å². The standard InChI is InChI=1S/C22H28N2O2/c1-16-9-10-21(24-11-4-5-12-24)20(13-16)22(25)23-17(2)14-18-7-6-8-19(15-18)26-3/h6-10,13,15,17H,4-5,11-12,14H2,1-3H3,(H,23,25). The van der Waals surface area contributed by atoms with E-state index in [-0.39, 0.29) is 11.9 Å². The van der Waals surface area contributed by atoms with Crippen molar-refractivity contribution in [1.29, 1.82) is 0 Å². The van der Waals surface area contributed by atoms with Gasteiger partial charge in [-0.05, 0) is 62.9 Å². The third kappa shape index (κ3) is 4.37. The van der Waals surface area contributed by atoms with E-state index < -0.39 is 0 Å². The number of hydrogen-bond donors (Lipinski definition) is 1. The van der Waals surface area contributed by atoms with Gasteiger partial charge in [-0.3, -0.25) is 4.79 Å². The largest absolute Gasteiger partial charge is 0.497 e. The average molecular weight is 352 g/mol. The molecule has 0 bridgehead atoms. The van der Waals surface area contributed by atoms with E-state index in [4.69, 9.17) is 4.74 Å². The van der Waals surface area contributed by atoms with E-state index in [2.05, 4.69) is 28.4 Å². The van der Waals surface area contributed by atoms with Crippen molar-refractivity contribution in [2.45, 2.75) is 39.2 Å². The quantitative estimate of drug-likeness (QED) is 0.855. The van der Waals surface area contributed by atoms with Gasteiger partial charge in [0.1, 0.15) is 5.75 Å². The molecule has 1 unspecified atom stereocenters. The van der Waals surface area contributed by atoms with Gasteiger partial charge in [-0.2, -0.15) is 0 Å². The molecule has 1 N–H and O–H groups in total. The molecule has 26 heavy (non-hydrogen) atoms. The molecule has 4 nitrogen and oxygen atoms in total. The maximum Gasteiger partial charge on any atom is 0.253 e. The highest BCUT2D eigenvalue weighted by Gasteiger charge is 2.20. The number of anilines is 1. The van der Waals surface area contributed by atoms with E-state index in [0.717, 1.165) is 47.6 Å². The first-order valence-corrected chi connectivity index (χ1v) is 9.36. The van der Waals surface area contributed by atoms with Crippen LogP contribution in [-0.4, -0.2) is 32.1 Å². The third-order valence-electron chi connectivity index (χ3n) is 4.90. The molecule has 1 saturated heterocycles. The number of carbonyl (C=O) groups is 1. The Bertz CT molecular complexity index is 766. The molecule has 0 aromatic heterocycles. The molecule has 2 aromatic carbocycles. The first-order valence-electron chi connectivity index (χ1n) is 9.36. The van der Waals surface area contributed by atoms with Crippen LogP contribution in [0.2, 0.25) is 0 Å². The number of aryl methyl sites for hydroxylation is 1. The van der Waals surface area contributed by atoms with Crippen molar-refractivity contribution in [1.82, 2.24) is 5.32 Å². The van der Waals surface area contributed by atoms with Gasteiger partial charge in [0.2, 0.25) is 0 Å². The first-order chi connectivity index (χ1) is 12.6. The number of nitrogens with one attached hydrogen (secondary N) is 1. The van der Waals surface area contributed by atoms with Crippen molar-refractivity contribution < 1.29 is 9.53 Å². The van der Waals surface area contributed by atoms with Crippen LogP contribution < -0.4 is 15.0 Å². The lowest BCUT2D eigenvalue weighted by Gasteiger charge is -2.22. The maximum atomic E-state index is 12.9. The van der Waals surface area contributed by atoms with Gasteiger partial charge >= 0.3 is 0 Å². The van der Waals surface area contributed by atoms with Gasteiger partial charge < -0.3 is 15.0 Å². The zero-order valence-corrected chi connectivity index (χ0v) is 15.9. The second-order valence-electron chi connectivity index (χ2n) is 7.14. The fraction of sp³-hybridized carbons (Fsp3) is 0.409. The van der Waals surface area contributed by atoms with Crippen molar-refractivity contribution in [3.8, 4) is 5.75 Å². The first kappa shape index (κ1) is 18.3. The minimum absolute atomic E-state index is 0.00555. The Morgan fingerprint density at radius 2 is 1.96 bits per heavy atom. The molecule has 0 radical (unpaired) electrons. The van der Waals surface area contributed by atoms with Crippen molar-refractivity contribution >= 4 is 11.6 Å². The summed E-state index contributed by atoms with van der Waals surface area (Å²) in [6, 6.07) is 14.2. The van der Waals surface area contributed by atoms with Crippen LogP contribution in [0.15, 0.2) is 42.5 Å². The number of ether oxygens (including phenoxy) is 1. The zero-order chi connectivity index (χ0) is 18.5. The highest BCUT2D eigenvalue weighted by Crippen LogP contribution is 2.26. The summed E-state index contributed by atoms with van der Waals surface area (Å²) in [6.45, 7) is 6.14. The van der Waals surface area contributed by atoms with Crippen molar-refractivity contribution in [3.63, 3.8) is 0 Å². The molecule has 0 saturated carbocycles. The van der Waals surface area contributed by atoms with Crippen LogP contribution >= 0.6 is 0 Å². The summed E-state index contributed by atoms with van der Waals surface area (Å²) in [5.41, 5.74) is 4.10. The van der Waals surface area contributed by atoms with Crippen LogP contribution in [0.25, 0.3) is 0 Å². The van der Waals surface area contributed by atoms with Gasteiger partial charge in [0.15, 0.2) is 0 Å². The molecular weight excluding hydrogens is 324 g/mol. The van der Waals surface area contributed by atoms with Crippen molar-refractivity contribution in [2.24, 2.45) is 0 Å². The van der Waals surface area contributed by atoms with Crippen LogP contribution in [0.4, 0.5) is 5.69 Å². The molecule has 1 amide bonds. The molecule has 0 spiro atoms. The zero-order valence-electron chi connectivity index (χ0n) is 15.9. The fourth-order valence-corrected chi connectivity index (χ4v) is 3.57. The molecule has 1 aliphatic rings. The summed E-state index contributed by atoms with van der Waals surface area (Å²) in [5, 5.41) is 3.17. The molecule has 1 aliphatic heterocycles. The molecule has 1 heterocycles. The number of benzene rings is 2. The Hall–Kier alpha value is -2.49. The summed E-state index contributed by atoms with van der Waals surface area (Å²) >= 11 is 0. The molecule has 4 heteroatoms. The lowest BCUT2D eigenvalue weighted by molar-refractivity contribution is 0.0940. The van der Waals surface area contributed by atoms with Gasteiger partial charge in [0.25, 0.3) is 5.91 Å². The Morgan fingerprint density at radius 3 is 2.69 bits per heavy atom. The van der Waals surface area contributed by atoms with Crippen LogP contribution in [0.3, 0.4) is 0 Å². The Labute approximate surface area is 156 Å². The van der Waals surface area contributed by atoms with Crippen LogP contribution in [0.1, 0.15) is 41.3 Å². The number of amides is 1. The second kappa shape index (κ2) is 8.26. The van der Waals surface area contributed by atoms with E-state index in [1.54, 1.807) is 7.11 Å². The third-order valence-corrected chi connectivity index (χ3v) is 4.90. The number of nitrogens with zero attached hydrogens (tertiary/aromatic N) is 1. The lowest BCUT2D eigenvalue weighted by atomic mass is 10.0. The second-order valence-corrected chi connectivity index (χ2v) is 7.14. The number of rotatable bonds is 6. The van der Waals surface area contributed by atoms with Gasteiger partial charge in [0, 0.05) is 24.8 Å². The highest BCUT2D eigenvalue weighted by atomic mass is 16.5. The molecule has 0 aliphatic carbocycles. The predicted octanol–water partition coefficient (Wildman–Crippen LogP) is 3.96. The van der Waals surface area contributed by atoms with Crippen molar-refractivity contribution in [3.05, 3.63) is 59.2 Å². The highest BCUT2D eigenvalue weighted by molar-refractivity contribution is 6.00. The molecule has 1 atom stereocenters. The van der Waals surface area contributed by atoms with E-state index in [0.29, 0.717) is 0 Å². The van der Waals surface area contributed by atoms with E-state index in [1.807, 2.05) is 38.1 Å². The lowest BCUT2D eigenvalue weighted by Crippen LogP contribution is -2.35. The fourth-order valence-electron chi connectivity index (χ4n) is 3.57. The monoisotopic (exact) mass is 352 g/mol. The molecule has 138 valence electrons. The molecular formula is C22H28N2O2. The summed E-state index contributed by atoms with van der Waals surface area (Å²) in [6.07, 6.45) is 3.16. The van der Waals surface area contributed by atoms with E-state index in [1.165, 1.54) is 12.8 Å². The van der Waals surface area contributed by atoms with Crippen LogP contribution in [-0.2, 0) is 6.42 Å². The minimum atomic E-state index is 0.00555. The molecule has 3 rings (SSSR count). The molecule has 1 fully saturated rings. The number of carbonyl (C=O) groups excluding carboxylic acids is 1. The summed E-state index contributed by atoms with van der Waals surface area (Å²) in [5.74, 6) is 0.849. The number of hydrogen-bond acceptors (Lipinski definition) is 3. The van der Waals surface area contributed by atoms with Gasteiger partial charge in [-0.25, -0.2) is 0 Å². The van der Waals surface area contributed by atoms with Crippen molar-refractivity contribution in [2.75, 3.05) is 25.1 Å². The van der Waals surface area contributed by atoms with Gasteiger partial charge in [0.05, 0.1) is 12.7 Å². The summed E-state index contributed by atoms with van der Waals surface area (Å²) < 4.78 is 5.28. The Kier molecular flexibility index (Phi) is 5.82. The summed E-state index contributed by atoms with van der Waals surface area (Å²) in [4.78, 5) is 15.3. The minimum Gasteiger partial charge on any atom is -0.497 e. The summed E-state index contributed by atoms with van der Waals surface area (Å²) in [7, 11) is 1.67. The van der Waals surface area contributed by atoms with E-state index >= 15 is 0 Å². The molecule has 2 aromatic rings. The Morgan fingerprint density at radius 1 is 1.19 bits per heavy atom. The van der Waals surface area contributed by atoms with E-state index in [9.17, 15) is 4.79 Å². The van der Waals surface area contributed by atoms with Crippen LogP contribution in [0.5, 0.6) is 5.75 Å². The average Bonchev–Trinajstić information content (AvgIpc) is 3.16. The SMILES string of the molecule is COc1cccc(CC(C)NC(=O)c2cc(C)ccc2N2CCCC2)c1.